The zero-order valence-corrected chi connectivity index (χ0v) is 18.4. The van der Waals surface area contributed by atoms with E-state index in [0.717, 1.165) is 35.8 Å². The molecule has 2 rings (SSSR count). The fourth-order valence-corrected chi connectivity index (χ4v) is 5.10. The normalized spacial score (nSPS) is 36.4. The molecule has 0 radical (unpaired) electrons. The lowest BCUT2D eigenvalue weighted by Gasteiger charge is -2.39. The van der Waals surface area contributed by atoms with Crippen molar-refractivity contribution in [3.05, 3.63) is 36.0 Å². The van der Waals surface area contributed by atoms with Crippen LogP contribution in [0.5, 0.6) is 0 Å². The average Bonchev–Trinajstić information content (AvgIpc) is 2.59. The Hall–Kier alpha value is -0.900. The SMILES string of the molecule is C=C1/C(=C\C=C\[C@@H]2CC[C@@H](C)[C@H](CCCCC(C)(C)O)[C@@H]2C)C[C@@H](O)C[C@@H]1O. The molecule has 2 saturated carbocycles. The maximum Gasteiger partial charge on any atom is 0.0811 e. The molecule has 0 heterocycles. The van der Waals surface area contributed by atoms with Crippen LogP contribution in [0.4, 0.5) is 0 Å². The van der Waals surface area contributed by atoms with Crippen LogP contribution in [0.2, 0.25) is 0 Å². The van der Waals surface area contributed by atoms with Gasteiger partial charge in [-0.3, -0.25) is 0 Å². The topological polar surface area (TPSA) is 60.7 Å². The molecule has 0 spiro atoms. The molecule has 0 aromatic carbocycles. The van der Waals surface area contributed by atoms with Gasteiger partial charge in [0, 0.05) is 6.42 Å². The summed E-state index contributed by atoms with van der Waals surface area (Å²) in [6, 6.07) is 0. The van der Waals surface area contributed by atoms with E-state index in [9.17, 15) is 15.3 Å². The van der Waals surface area contributed by atoms with E-state index in [1.165, 1.54) is 25.7 Å². The molecule has 2 aliphatic rings. The van der Waals surface area contributed by atoms with Crippen molar-refractivity contribution in [3.8, 4) is 0 Å². The number of hydrogen-bond donors (Lipinski definition) is 3. The number of hydrogen-bond acceptors (Lipinski definition) is 3. The summed E-state index contributed by atoms with van der Waals surface area (Å²) in [6.45, 7) is 12.6. The van der Waals surface area contributed by atoms with Crippen molar-refractivity contribution in [2.24, 2.45) is 23.7 Å². The quantitative estimate of drug-likeness (QED) is 0.526. The van der Waals surface area contributed by atoms with Crippen molar-refractivity contribution in [1.29, 1.82) is 0 Å². The van der Waals surface area contributed by atoms with Crippen LogP contribution in [-0.2, 0) is 0 Å². The second-order valence-electron chi connectivity index (χ2n) is 10.0. The Morgan fingerprint density at radius 2 is 1.86 bits per heavy atom. The van der Waals surface area contributed by atoms with Gasteiger partial charge in [-0.05, 0) is 80.8 Å². The standard InChI is InChI=1S/C25H42O3/c1-17-12-13-20(18(2)23(17)11-6-7-14-25(4,5)28)9-8-10-21-15-22(26)16-24(27)19(21)3/h8-10,17-18,20,22-24,26-28H,3,6-7,11-16H2,1-2,4-5H3/b9-8+,21-10-/t17-,18-,20-,22-,23+,24+/m1/s1. The smallest absolute Gasteiger partial charge is 0.0811 e. The molecule has 160 valence electrons. The molecule has 3 nitrogen and oxygen atoms in total. The highest BCUT2D eigenvalue weighted by molar-refractivity contribution is 5.37. The third-order valence-electron chi connectivity index (χ3n) is 7.03. The van der Waals surface area contributed by atoms with E-state index < -0.39 is 17.8 Å². The van der Waals surface area contributed by atoms with E-state index in [2.05, 4.69) is 32.6 Å². The van der Waals surface area contributed by atoms with Crippen molar-refractivity contribution in [3.63, 3.8) is 0 Å². The molecule has 0 aromatic rings. The predicted octanol–water partition coefficient (Wildman–Crippen LogP) is 5.17. The summed E-state index contributed by atoms with van der Waals surface area (Å²) in [7, 11) is 0. The molecular weight excluding hydrogens is 348 g/mol. The highest BCUT2D eigenvalue weighted by atomic mass is 16.3. The summed E-state index contributed by atoms with van der Waals surface area (Å²) >= 11 is 0. The Morgan fingerprint density at radius 1 is 1.14 bits per heavy atom. The van der Waals surface area contributed by atoms with Crippen molar-refractivity contribution < 1.29 is 15.3 Å². The van der Waals surface area contributed by atoms with E-state index in [1.807, 2.05) is 19.9 Å². The Labute approximate surface area is 172 Å². The van der Waals surface area contributed by atoms with Crippen LogP contribution in [-0.4, -0.2) is 33.1 Å². The first-order valence-electron chi connectivity index (χ1n) is 11.2. The Bertz CT molecular complexity index is 569. The number of unbranched alkanes of at least 4 members (excludes halogenated alkanes) is 1. The molecule has 0 amide bonds. The van der Waals surface area contributed by atoms with Crippen molar-refractivity contribution in [1.82, 2.24) is 0 Å². The minimum absolute atomic E-state index is 0.395. The van der Waals surface area contributed by atoms with Crippen LogP contribution in [0, 0.1) is 23.7 Å². The first-order chi connectivity index (χ1) is 13.1. The van der Waals surface area contributed by atoms with E-state index in [1.54, 1.807) is 0 Å². The summed E-state index contributed by atoms with van der Waals surface area (Å²) in [4.78, 5) is 0. The van der Waals surface area contributed by atoms with Crippen LogP contribution < -0.4 is 0 Å². The summed E-state index contributed by atoms with van der Waals surface area (Å²) in [5.41, 5.74) is 1.18. The minimum atomic E-state index is -0.619. The number of rotatable bonds is 7. The monoisotopic (exact) mass is 390 g/mol. The van der Waals surface area contributed by atoms with Crippen LogP contribution in [0.15, 0.2) is 36.0 Å². The van der Waals surface area contributed by atoms with Gasteiger partial charge in [0.05, 0.1) is 17.8 Å². The van der Waals surface area contributed by atoms with E-state index in [-0.39, 0.29) is 0 Å². The van der Waals surface area contributed by atoms with E-state index >= 15 is 0 Å². The molecule has 0 aromatic heterocycles. The highest BCUT2D eigenvalue weighted by Gasteiger charge is 2.33. The fraction of sp³-hybridized carbons (Fsp3) is 0.760. The van der Waals surface area contributed by atoms with Gasteiger partial charge in [0.25, 0.3) is 0 Å². The van der Waals surface area contributed by atoms with Gasteiger partial charge in [-0.2, -0.15) is 0 Å². The van der Waals surface area contributed by atoms with Crippen LogP contribution >= 0.6 is 0 Å². The average molecular weight is 391 g/mol. The summed E-state index contributed by atoms with van der Waals surface area (Å²) in [5.74, 6) is 2.75. The van der Waals surface area contributed by atoms with E-state index in [0.29, 0.717) is 24.7 Å². The number of aliphatic hydroxyl groups excluding tert-OH is 2. The van der Waals surface area contributed by atoms with Crippen LogP contribution in [0.3, 0.4) is 0 Å². The van der Waals surface area contributed by atoms with Gasteiger partial charge in [0.2, 0.25) is 0 Å². The van der Waals surface area contributed by atoms with E-state index in [4.69, 9.17) is 0 Å². The van der Waals surface area contributed by atoms with Gasteiger partial charge in [-0.15, -0.1) is 0 Å². The molecule has 6 atom stereocenters. The van der Waals surface area contributed by atoms with Gasteiger partial charge in [-0.25, -0.2) is 0 Å². The minimum Gasteiger partial charge on any atom is -0.393 e. The van der Waals surface area contributed by atoms with Gasteiger partial charge >= 0.3 is 0 Å². The highest BCUT2D eigenvalue weighted by Crippen LogP contribution is 2.42. The lowest BCUT2D eigenvalue weighted by atomic mass is 9.66. The zero-order valence-electron chi connectivity index (χ0n) is 18.4. The molecule has 3 heteroatoms. The molecule has 0 unspecified atom stereocenters. The van der Waals surface area contributed by atoms with Gasteiger partial charge < -0.3 is 15.3 Å². The lowest BCUT2D eigenvalue weighted by Crippen LogP contribution is -2.31. The van der Waals surface area contributed by atoms with Crippen LogP contribution in [0.1, 0.15) is 79.1 Å². The molecule has 0 bridgehead atoms. The third kappa shape index (κ3) is 6.86. The largest absolute Gasteiger partial charge is 0.393 e. The first-order valence-corrected chi connectivity index (χ1v) is 11.2. The molecule has 28 heavy (non-hydrogen) atoms. The number of allylic oxidation sites excluding steroid dienone is 3. The summed E-state index contributed by atoms with van der Waals surface area (Å²) < 4.78 is 0. The van der Waals surface area contributed by atoms with Gasteiger partial charge in [0.15, 0.2) is 0 Å². The second-order valence-corrected chi connectivity index (χ2v) is 10.0. The summed E-state index contributed by atoms with van der Waals surface area (Å²) in [6.07, 6.45) is 13.3. The van der Waals surface area contributed by atoms with Crippen molar-refractivity contribution in [2.45, 2.75) is 96.9 Å². The maximum absolute atomic E-state index is 9.99. The van der Waals surface area contributed by atoms with Crippen molar-refractivity contribution in [2.75, 3.05) is 0 Å². The molecule has 0 saturated heterocycles. The summed E-state index contributed by atoms with van der Waals surface area (Å²) in [5, 5.41) is 29.8. The first kappa shape index (κ1) is 23.4. The molecular formula is C25H42O3. The molecule has 3 N–H and O–H groups in total. The zero-order chi connectivity index (χ0) is 20.9. The molecule has 2 fully saturated rings. The Morgan fingerprint density at radius 3 is 2.54 bits per heavy atom. The van der Waals surface area contributed by atoms with Crippen molar-refractivity contribution >= 4 is 0 Å². The maximum atomic E-state index is 9.99. The fourth-order valence-electron chi connectivity index (χ4n) is 5.10. The van der Waals surface area contributed by atoms with Gasteiger partial charge in [-0.1, -0.05) is 51.5 Å². The Balaban J connectivity index is 1.91. The lowest BCUT2D eigenvalue weighted by molar-refractivity contribution is 0.0653. The second kappa shape index (κ2) is 10.2. The van der Waals surface area contributed by atoms with Crippen LogP contribution in [0.25, 0.3) is 0 Å². The molecule has 0 aliphatic heterocycles. The van der Waals surface area contributed by atoms with Gasteiger partial charge in [0.1, 0.15) is 0 Å². The predicted molar refractivity (Wildman–Crippen MR) is 117 cm³/mol. The number of aliphatic hydroxyl groups is 3. The Kier molecular flexibility index (Phi) is 8.54. The molecule has 2 aliphatic carbocycles. The third-order valence-corrected chi connectivity index (χ3v) is 7.03.